The van der Waals surface area contributed by atoms with E-state index < -0.39 is 0 Å². The minimum atomic E-state index is 0.162. The summed E-state index contributed by atoms with van der Waals surface area (Å²) in [7, 11) is 4.16. The molecule has 37 heavy (non-hydrogen) atoms. The Morgan fingerprint density at radius 1 is 1.03 bits per heavy atom. The van der Waals surface area contributed by atoms with E-state index in [2.05, 4.69) is 93.9 Å². The second kappa shape index (κ2) is 10.1. The van der Waals surface area contributed by atoms with E-state index in [1.165, 1.54) is 55.5 Å². The van der Waals surface area contributed by atoms with Gasteiger partial charge in [-0.15, -0.1) is 0 Å². The summed E-state index contributed by atoms with van der Waals surface area (Å²) in [6.07, 6.45) is 5.48. The summed E-state index contributed by atoms with van der Waals surface area (Å²) in [6, 6.07) is 7.68. The molecule has 1 saturated carbocycles. The number of aryl methyl sites for hydroxylation is 3. The molecule has 6 heteroatoms. The number of piperidine rings is 1. The Morgan fingerprint density at radius 2 is 1.76 bits per heavy atom. The molecule has 3 aliphatic rings. The van der Waals surface area contributed by atoms with E-state index in [4.69, 9.17) is 9.97 Å². The Labute approximate surface area is 224 Å². The van der Waals surface area contributed by atoms with Gasteiger partial charge in [0.05, 0.1) is 11.7 Å². The maximum atomic E-state index is 5.10. The van der Waals surface area contributed by atoms with E-state index >= 15 is 0 Å². The van der Waals surface area contributed by atoms with Gasteiger partial charge >= 0.3 is 0 Å². The highest BCUT2D eigenvalue weighted by Gasteiger charge is 2.43. The van der Waals surface area contributed by atoms with Crippen LogP contribution >= 0.6 is 0 Å². The van der Waals surface area contributed by atoms with Crippen molar-refractivity contribution in [3.63, 3.8) is 0 Å². The summed E-state index contributed by atoms with van der Waals surface area (Å²) in [5.74, 6) is 3.39. The number of hydrogen-bond donors (Lipinski definition) is 1. The summed E-state index contributed by atoms with van der Waals surface area (Å²) < 4.78 is 0. The van der Waals surface area contributed by atoms with Crippen molar-refractivity contribution >= 4 is 17.5 Å². The van der Waals surface area contributed by atoms with Gasteiger partial charge in [0.25, 0.3) is 0 Å². The third-order valence-electron chi connectivity index (χ3n) is 9.18. The topological polar surface area (TPSA) is 47.5 Å². The molecule has 1 N–H and O–H groups in total. The summed E-state index contributed by atoms with van der Waals surface area (Å²) in [5, 5.41) is 3.74. The van der Waals surface area contributed by atoms with Crippen LogP contribution in [0.4, 0.5) is 17.5 Å². The summed E-state index contributed by atoms with van der Waals surface area (Å²) in [5.41, 5.74) is 6.59. The highest BCUT2D eigenvalue weighted by Crippen LogP contribution is 2.45. The summed E-state index contributed by atoms with van der Waals surface area (Å²) >= 11 is 0. The van der Waals surface area contributed by atoms with Gasteiger partial charge in [0.1, 0.15) is 5.69 Å². The van der Waals surface area contributed by atoms with E-state index in [9.17, 15) is 0 Å². The number of hydrogen-bond acceptors (Lipinski definition) is 6. The predicted molar refractivity (Wildman–Crippen MR) is 156 cm³/mol. The van der Waals surface area contributed by atoms with Crippen molar-refractivity contribution in [1.82, 2.24) is 14.9 Å². The second-order valence-electron chi connectivity index (χ2n) is 13.2. The third-order valence-corrected chi connectivity index (χ3v) is 9.18. The van der Waals surface area contributed by atoms with Crippen molar-refractivity contribution < 1.29 is 0 Å². The standard InChI is InChI=1S/C31H48N6/c1-20-11-12-27(21(2)14-20)22(3)32-29-28(35(7)8)23(4)33-30(34-29)37-18-25(19-37)24-10-9-13-36(17-24)26-15-31(5,6)16-26/h11-12,14,22,24-26H,9-10,13,15-19H2,1-8H3,(H,32,33,34)/t22-,24+/m1/s1. The number of nitrogens with zero attached hydrogens (tertiary/aromatic N) is 5. The smallest absolute Gasteiger partial charge is 0.227 e. The second-order valence-corrected chi connectivity index (χ2v) is 13.2. The van der Waals surface area contributed by atoms with Crippen LogP contribution in [0.1, 0.15) is 74.9 Å². The average Bonchev–Trinajstić information content (AvgIpc) is 2.76. The number of aromatic nitrogens is 2. The molecule has 2 aliphatic heterocycles. The monoisotopic (exact) mass is 504 g/mol. The van der Waals surface area contributed by atoms with E-state index in [1.54, 1.807) is 0 Å². The van der Waals surface area contributed by atoms with Crippen LogP contribution in [0.15, 0.2) is 18.2 Å². The normalized spacial score (nSPS) is 23.4. The third kappa shape index (κ3) is 5.45. The zero-order chi connectivity index (χ0) is 26.5. The molecule has 2 atom stereocenters. The fourth-order valence-corrected chi connectivity index (χ4v) is 7.13. The Kier molecular flexibility index (Phi) is 7.16. The van der Waals surface area contributed by atoms with Crippen molar-refractivity contribution in [2.75, 3.05) is 55.4 Å². The van der Waals surface area contributed by atoms with Gasteiger partial charge in [0.2, 0.25) is 5.95 Å². The molecule has 2 saturated heterocycles. The number of benzene rings is 1. The highest BCUT2D eigenvalue weighted by molar-refractivity contribution is 5.70. The zero-order valence-corrected chi connectivity index (χ0v) is 24.4. The number of nitrogens with one attached hydrogen (secondary N) is 1. The van der Waals surface area contributed by atoms with Crippen molar-refractivity contribution in [2.45, 2.75) is 79.3 Å². The maximum absolute atomic E-state index is 5.10. The first-order chi connectivity index (χ1) is 17.5. The number of rotatable bonds is 7. The largest absolute Gasteiger partial charge is 0.373 e. The van der Waals surface area contributed by atoms with Crippen molar-refractivity contribution in [2.24, 2.45) is 17.3 Å². The Morgan fingerprint density at radius 3 is 2.41 bits per heavy atom. The Balaban J connectivity index is 1.27. The van der Waals surface area contributed by atoms with E-state index in [-0.39, 0.29) is 6.04 Å². The lowest BCUT2D eigenvalue weighted by Gasteiger charge is -2.53. The Bertz CT molecular complexity index is 1110. The maximum Gasteiger partial charge on any atom is 0.227 e. The predicted octanol–water partition coefficient (Wildman–Crippen LogP) is 5.98. The van der Waals surface area contributed by atoms with Gasteiger partial charge in [-0.2, -0.15) is 4.98 Å². The lowest BCUT2D eigenvalue weighted by atomic mass is 9.67. The first-order valence-electron chi connectivity index (χ1n) is 14.4. The fraction of sp³-hybridized carbons (Fsp3) is 0.677. The molecule has 0 bridgehead atoms. The van der Waals surface area contributed by atoms with E-state index in [0.717, 1.165) is 54.1 Å². The molecule has 0 unspecified atom stereocenters. The van der Waals surface area contributed by atoms with Gasteiger partial charge in [0, 0.05) is 39.8 Å². The highest BCUT2D eigenvalue weighted by atomic mass is 15.3. The van der Waals surface area contributed by atoms with Gasteiger partial charge < -0.3 is 20.0 Å². The summed E-state index contributed by atoms with van der Waals surface area (Å²) in [6.45, 7) is 18.3. The van der Waals surface area contributed by atoms with Gasteiger partial charge in [-0.1, -0.05) is 37.6 Å². The van der Waals surface area contributed by atoms with Gasteiger partial charge in [-0.3, -0.25) is 0 Å². The zero-order valence-electron chi connectivity index (χ0n) is 24.4. The first kappa shape index (κ1) is 26.3. The summed E-state index contributed by atoms with van der Waals surface area (Å²) in [4.78, 5) is 17.4. The molecule has 5 rings (SSSR count). The number of anilines is 3. The molecule has 0 radical (unpaired) electrons. The fourth-order valence-electron chi connectivity index (χ4n) is 7.13. The molecule has 1 aromatic carbocycles. The number of likely N-dealkylation sites (tertiary alicyclic amines) is 1. The molecule has 3 heterocycles. The van der Waals surface area contributed by atoms with Crippen LogP contribution in [0.5, 0.6) is 0 Å². The molecule has 0 amide bonds. The minimum absolute atomic E-state index is 0.162. The van der Waals surface area contributed by atoms with Crippen molar-refractivity contribution in [3.05, 3.63) is 40.6 Å². The van der Waals surface area contributed by atoms with Crippen LogP contribution < -0.4 is 15.1 Å². The lowest BCUT2D eigenvalue weighted by Crippen LogP contribution is -2.57. The minimum Gasteiger partial charge on any atom is -0.373 e. The Hall–Kier alpha value is -2.34. The van der Waals surface area contributed by atoms with Crippen LogP contribution in [-0.4, -0.2) is 61.2 Å². The molecular formula is C31H48N6. The molecule has 2 aromatic rings. The quantitative estimate of drug-likeness (QED) is 0.501. The van der Waals surface area contributed by atoms with Gasteiger partial charge in [-0.25, -0.2) is 4.98 Å². The SMILES string of the molecule is Cc1ccc([C@@H](C)Nc2nc(N3CC([C@H]4CCCN(C5CC(C)(C)C5)C4)C3)nc(C)c2N(C)C)c(C)c1. The molecule has 1 aliphatic carbocycles. The molecular weight excluding hydrogens is 456 g/mol. The average molecular weight is 505 g/mol. The first-order valence-corrected chi connectivity index (χ1v) is 14.4. The van der Waals surface area contributed by atoms with Gasteiger partial charge in [-0.05, 0) is 88.3 Å². The molecule has 3 fully saturated rings. The van der Waals surface area contributed by atoms with Crippen LogP contribution in [0, 0.1) is 38.0 Å². The van der Waals surface area contributed by atoms with Crippen LogP contribution in [0.3, 0.4) is 0 Å². The van der Waals surface area contributed by atoms with Crippen LogP contribution in [0.2, 0.25) is 0 Å². The molecule has 1 aromatic heterocycles. The molecule has 0 spiro atoms. The molecule has 202 valence electrons. The van der Waals surface area contributed by atoms with Crippen LogP contribution in [0.25, 0.3) is 0 Å². The lowest BCUT2D eigenvalue weighted by molar-refractivity contribution is -0.00913. The van der Waals surface area contributed by atoms with Crippen molar-refractivity contribution in [1.29, 1.82) is 0 Å². The van der Waals surface area contributed by atoms with Gasteiger partial charge in [0.15, 0.2) is 5.82 Å². The molecule has 6 nitrogen and oxygen atoms in total. The van der Waals surface area contributed by atoms with Crippen LogP contribution in [-0.2, 0) is 0 Å². The van der Waals surface area contributed by atoms with E-state index in [1.807, 2.05) is 0 Å². The van der Waals surface area contributed by atoms with Crippen molar-refractivity contribution in [3.8, 4) is 0 Å². The van der Waals surface area contributed by atoms with E-state index in [0.29, 0.717) is 5.41 Å².